The molecule has 0 spiro atoms. The second-order valence-corrected chi connectivity index (χ2v) is 3.62. The van der Waals surface area contributed by atoms with Crippen LogP contribution in [0.3, 0.4) is 0 Å². The minimum absolute atomic E-state index is 0.180. The molecule has 0 radical (unpaired) electrons. The maximum Gasteiger partial charge on any atom is 0.325 e. The molecule has 1 heterocycles. The third-order valence-electron chi connectivity index (χ3n) is 2.09. The van der Waals surface area contributed by atoms with Crippen LogP contribution < -0.4 is 11.1 Å². The number of rotatable bonds is 3. The Morgan fingerprint density at radius 3 is 2.71 bits per heavy atom. The quantitative estimate of drug-likeness (QED) is 0.598. The molecule has 0 aliphatic carbocycles. The van der Waals surface area contributed by atoms with Crippen molar-refractivity contribution >= 4 is 11.9 Å². The van der Waals surface area contributed by atoms with Crippen molar-refractivity contribution in [2.24, 2.45) is 5.73 Å². The molecule has 1 aliphatic heterocycles. The number of likely N-dealkylation sites (N-methyl/N-ethyl adjacent to an activating group) is 1. The first-order valence-corrected chi connectivity index (χ1v) is 4.51. The number of amides is 3. The molecule has 0 saturated carbocycles. The Hall–Kier alpha value is -1.14. The van der Waals surface area contributed by atoms with Gasteiger partial charge in [0.05, 0.1) is 12.6 Å². The maximum atomic E-state index is 11.3. The monoisotopic (exact) mass is 200 g/mol. The molecule has 0 bridgehead atoms. The van der Waals surface area contributed by atoms with Gasteiger partial charge in [0.25, 0.3) is 0 Å². The number of hydrogen-bond acceptors (Lipinski definition) is 4. The van der Waals surface area contributed by atoms with Gasteiger partial charge in [-0.2, -0.15) is 0 Å². The Labute approximate surface area is 83.0 Å². The molecule has 1 unspecified atom stereocenters. The molecular weight excluding hydrogens is 184 g/mol. The Kier molecular flexibility index (Phi) is 3.43. The van der Waals surface area contributed by atoms with E-state index in [1.807, 2.05) is 19.0 Å². The maximum absolute atomic E-state index is 11.3. The van der Waals surface area contributed by atoms with Crippen molar-refractivity contribution in [3.05, 3.63) is 0 Å². The van der Waals surface area contributed by atoms with Gasteiger partial charge in [-0.1, -0.05) is 0 Å². The minimum Gasteiger partial charge on any atom is -0.311 e. The summed E-state index contributed by atoms with van der Waals surface area (Å²) in [6.45, 7) is 1.27. The molecule has 0 aromatic rings. The summed E-state index contributed by atoms with van der Waals surface area (Å²) in [4.78, 5) is 25.7. The van der Waals surface area contributed by atoms with E-state index in [0.29, 0.717) is 6.54 Å². The molecule has 6 heteroatoms. The van der Waals surface area contributed by atoms with Crippen molar-refractivity contribution in [1.82, 2.24) is 15.1 Å². The first kappa shape index (κ1) is 10.9. The predicted octanol–water partition coefficient (Wildman–Crippen LogP) is -1.23. The van der Waals surface area contributed by atoms with Crippen molar-refractivity contribution in [1.29, 1.82) is 0 Å². The highest BCUT2D eigenvalue weighted by atomic mass is 16.2. The SMILES string of the molecule is CN(C)CCN1C(=O)NC(=O)CC1N. The predicted molar refractivity (Wildman–Crippen MR) is 51.4 cm³/mol. The largest absolute Gasteiger partial charge is 0.325 e. The third-order valence-corrected chi connectivity index (χ3v) is 2.09. The number of hydrogen-bond donors (Lipinski definition) is 2. The van der Waals surface area contributed by atoms with Crippen LogP contribution in [0.2, 0.25) is 0 Å². The van der Waals surface area contributed by atoms with E-state index in [2.05, 4.69) is 5.32 Å². The van der Waals surface area contributed by atoms with Crippen LogP contribution in [-0.2, 0) is 4.79 Å². The molecular formula is C8H16N4O2. The van der Waals surface area contributed by atoms with E-state index in [1.54, 1.807) is 0 Å². The van der Waals surface area contributed by atoms with E-state index in [1.165, 1.54) is 4.90 Å². The van der Waals surface area contributed by atoms with Gasteiger partial charge in [-0.25, -0.2) is 4.79 Å². The van der Waals surface area contributed by atoms with E-state index in [9.17, 15) is 9.59 Å². The summed E-state index contributed by atoms with van der Waals surface area (Å²) in [5.41, 5.74) is 5.67. The van der Waals surface area contributed by atoms with Gasteiger partial charge in [-0.05, 0) is 14.1 Å². The van der Waals surface area contributed by atoms with E-state index < -0.39 is 12.2 Å². The van der Waals surface area contributed by atoms with Crippen molar-refractivity contribution in [3.8, 4) is 0 Å². The molecule has 0 aromatic heterocycles. The lowest BCUT2D eigenvalue weighted by molar-refractivity contribution is -0.122. The molecule has 0 aromatic carbocycles. The number of nitrogens with one attached hydrogen (secondary N) is 1. The standard InChI is InChI=1S/C8H16N4O2/c1-11(2)3-4-12-6(9)5-7(13)10-8(12)14/h6H,3-5,9H2,1-2H3,(H,10,13,14). The second-order valence-electron chi connectivity index (χ2n) is 3.62. The third kappa shape index (κ3) is 2.68. The van der Waals surface area contributed by atoms with Gasteiger partial charge < -0.3 is 15.5 Å². The molecule has 1 aliphatic rings. The molecule has 6 nitrogen and oxygen atoms in total. The molecule has 14 heavy (non-hydrogen) atoms. The topological polar surface area (TPSA) is 78.7 Å². The Bertz CT molecular complexity index is 241. The molecule has 1 rings (SSSR count). The van der Waals surface area contributed by atoms with Crippen molar-refractivity contribution in [3.63, 3.8) is 0 Å². The zero-order valence-electron chi connectivity index (χ0n) is 8.49. The van der Waals surface area contributed by atoms with Gasteiger partial charge in [0.1, 0.15) is 0 Å². The second kappa shape index (κ2) is 4.39. The van der Waals surface area contributed by atoms with Crippen LogP contribution in [0.1, 0.15) is 6.42 Å². The zero-order valence-corrected chi connectivity index (χ0v) is 8.49. The van der Waals surface area contributed by atoms with Crippen molar-refractivity contribution < 1.29 is 9.59 Å². The lowest BCUT2D eigenvalue weighted by atomic mass is 10.2. The van der Waals surface area contributed by atoms with Crippen LogP contribution in [0.5, 0.6) is 0 Å². The first-order chi connectivity index (χ1) is 6.50. The van der Waals surface area contributed by atoms with Gasteiger partial charge in [-0.3, -0.25) is 10.1 Å². The van der Waals surface area contributed by atoms with Gasteiger partial charge in [0.2, 0.25) is 5.91 Å². The van der Waals surface area contributed by atoms with Crippen molar-refractivity contribution in [2.45, 2.75) is 12.6 Å². The van der Waals surface area contributed by atoms with Gasteiger partial charge in [0, 0.05) is 13.1 Å². The number of imide groups is 1. The molecule has 1 saturated heterocycles. The Morgan fingerprint density at radius 1 is 1.57 bits per heavy atom. The molecule has 3 N–H and O–H groups in total. The van der Waals surface area contributed by atoms with Crippen LogP contribution in [0.25, 0.3) is 0 Å². The highest BCUT2D eigenvalue weighted by Crippen LogP contribution is 2.05. The highest BCUT2D eigenvalue weighted by Gasteiger charge is 2.29. The average molecular weight is 200 g/mol. The molecule has 80 valence electrons. The average Bonchev–Trinajstić information content (AvgIpc) is 2.01. The summed E-state index contributed by atoms with van der Waals surface area (Å²) in [7, 11) is 3.83. The van der Waals surface area contributed by atoms with Gasteiger partial charge >= 0.3 is 6.03 Å². The molecule has 1 fully saturated rings. The number of carbonyl (C=O) groups excluding carboxylic acids is 2. The fourth-order valence-corrected chi connectivity index (χ4v) is 1.27. The summed E-state index contributed by atoms with van der Waals surface area (Å²) < 4.78 is 0. The number of nitrogens with two attached hydrogens (primary N) is 1. The Morgan fingerprint density at radius 2 is 2.21 bits per heavy atom. The fourth-order valence-electron chi connectivity index (χ4n) is 1.27. The van der Waals surface area contributed by atoms with E-state index in [0.717, 1.165) is 6.54 Å². The number of urea groups is 1. The minimum atomic E-state index is -0.490. The van der Waals surface area contributed by atoms with Gasteiger partial charge in [-0.15, -0.1) is 0 Å². The van der Waals surface area contributed by atoms with Crippen LogP contribution in [0.4, 0.5) is 4.79 Å². The fraction of sp³-hybridized carbons (Fsp3) is 0.750. The van der Waals surface area contributed by atoms with Crippen LogP contribution in [-0.4, -0.2) is 55.1 Å². The summed E-state index contributed by atoms with van der Waals surface area (Å²) in [6, 6.07) is -0.393. The van der Waals surface area contributed by atoms with Crippen molar-refractivity contribution in [2.75, 3.05) is 27.2 Å². The summed E-state index contributed by atoms with van der Waals surface area (Å²) >= 11 is 0. The van der Waals surface area contributed by atoms with Crippen LogP contribution in [0.15, 0.2) is 0 Å². The smallest absolute Gasteiger partial charge is 0.311 e. The van der Waals surface area contributed by atoms with Crippen LogP contribution >= 0.6 is 0 Å². The lowest BCUT2D eigenvalue weighted by Gasteiger charge is -2.33. The molecule has 1 atom stereocenters. The molecule has 3 amide bonds. The highest BCUT2D eigenvalue weighted by molar-refractivity contribution is 5.97. The first-order valence-electron chi connectivity index (χ1n) is 4.51. The van der Waals surface area contributed by atoms with E-state index in [-0.39, 0.29) is 12.3 Å². The summed E-state index contributed by atoms with van der Waals surface area (Å²) in [5.74, 6) is -0.302. The van der Waals surface area contributed by atoms with Crippen LogP contribution in [0, 0.1) is 0 Å². The lowest BCUT2D eigenvalue weighted by Crippen LogP contribution is -2.59. The summed E-state index contributed by atoms with van der Waals surface area (Å²) in [6.07, 6.45) is -0.310. The Balaban J connectivity index is 2.50. The zero-order chi connectivity index (χ0) is 10.7. The normalized spacial score (nSPS) is 22.9. The van der Waals surface area contributed by atoms with Gasteiger partial charge in [0.15, 0.2) is 0 Å². The summed E-state index contributed by atoms with van der Waals surface area (Å²) in [5, 5.41) is 2.23. The van der Waals surface area contributed by atoms with E-state index >= 15 is 0 Å². The number of carbonyl (C=O) groups is 2. The van der Waals surface area contributed by atoms with E-state index in [4.69, 9.17) is 5.73 Å². The number of nitrogens with zero attached hydrogens (tertiary/aromatic N) is 2.